The number of carbonyl (C=O) groups excluding carboxylic acids is 2. The third kappa shape index (κ3) is 3.68. The first-order valence-electron chi connectivity index (χ1n) is 9.65. The third-order valence-corrected chi connectivity index (χ3v) is 7.56. The van der Waals surface area contributed by atoms with E-state index in [9.17, 15) is 9.59 Å². The van der Waals surface area contributed by atoms with E-state index in [1.807, 2.05) is 72.5 Å². The molecule has 2 aliphatic rings. The van der Waals surface area contributed by atoms with Gasteiger partial charge in [0.05, 0.1) is 19.4 Å². The zero-order valence-corrected chi connectivity index (χ0v) is 18.9. The van der Waals surface area contributed by atoms with Gasteiger partial charge in [-0.25, -0.2) is 14.6 Å². The fourth-order valence-electron chi connectivity index (χ4n) is 3.39. The van der Waals surface area contributed by atoms with Gasteiger partial charge < -0.3 is 14.4 Å². The number of nitrogens with zero attached hydrogens (tertiary/aromatic N) is 3. The van der Waals surface area contributed by atoms with Crippen molar-refractivity contribution in [3.05, 3.63) is 71.3 Å². The van der Waals surface area contributed by atoms with E-state index >= 15 is 0 Å². The highest BCUT2D eigenvalue weighted by Gasteiger charge is 2.58. The van der Waals surface area contributed by atoms with Gasteiger partial charge in [0, 0.05) is 11.4 Å². The molecule has 2 aromatic rings. The van der Waals surface area contributed by atoms with Crippen LogP contribution in [-0.4, -0.2) is 35.0 Å². The predicted octanol–water partition coefficient (Wildman–Crippen LogP) is 4.39. The molecule has 0 amide bonds. The van der Waals surface area contributed by atoms with Crippen molar-refractivity contribution in [2.24, 2.45) is 5.10 Å². The fraction of sp³-hybridized carbons (Fsp3) is 0.227. The molecule has 2 aromatic carbocycles. The Morgan fingerprint density at radius 2 is 1.58 bits per heavy atom. The number of hydrogen-bond donors (Lipinski definition) is 0. The van der Waals surface area contributed by atoms with Crippen molar-refractivity contribution in [1.82, 2.24) is 0 Å². The number of para-hydroxylation sites is 2. The highest BCUT2D eigenvalue weighted by molar-refractivity contribution is 8.29. The summed E-state index contributed by atoms with van der Waals surface area (Å²) in [6.07, 6.45) is 0. The Labute approximate surface area is 189 Å². The van der Waals surface area contributed by atoms with E-state index in [0.29, 0.717) is 4.91 Å². The number of allylic oxidation sites excluding steroid dienone is 1. The molecule has 0 saturated carbocycles. The van der Waals surface area contributed by atoms with Gasteiger partial charge in [0.2, 0.25) is 9.37 Å². The van der Waals surface area contributed by atoms with Crippen LogP contribution in [0, 0.1) is 0 Å². The number of hydrazone groups is 1. The lowest BCUT2D eigenvalue weighted by Gasteiger charge is -2.41. The van der Waals surface area contributed by atoms with Crippen LogP contribution in [0.2, 0.25) is 0 Å². The predicted molar refractivity (Wildman–Crippen MR) is 125 cm³/mol. The van der Waals surface area contributed by atoms with Crippen molar-refractivity contribution < 1.29 is 19.1 Å². The second-order valence-corrected chi connectivity index (χ2v) is 9.20. The lowest BCUT2D eigenvalue weighted by atomic mass is 10.2. The zero-order valence-electron chi connectivity index (χ0n) is 17.3. The van der Waals surface area contributed by atoms with Crippen molar-refractivity contribution >= 4 is 51.9 Å². The van der Waals surface area contributed by atoms with Gasteiger partial charge in [0.15, 0.2) is 0 Å². The molecule has 0 saturated heterocycles. The van der Waals surface area contributed by atoms with Crippen molar-refractivity contribution in [2.45, 2.75) is 18.2 Å². The summed E-state index contributed by atoms with van der Waals surface area (Å²) in [5, 5.41) is 6.58. The number of hydrogen-bond acceptors (Lipinski definition) is 9. The monoisotopic (exact) mass is 455 g/mol. The van der Waals surface area contributed by atoms with Crippen molar-refractivity contribution in [3.8, 4) is 0 Å². The van der Waals surface area contributed by atoms with Gasteiger partial charge >= 0.3 is 11.9 Å². The normalized spacial score (nSPS) is 20.3. The van der Waals surface area contributed by atoms with Crippen LogP contribution < -0.4 is 9.91 Å². The third-order valence-electron chi connectivity index (χ3n) is 4.71. The number of anilines is 2. The van der Waals surface area contributed by atoms with Crippen molar-refractivity contribution in [2.75, 3.05) is 23.6 Å². The van der Waals surface area contributed by atoms with E-state index in [1.165, 1.54) is 30.6 Å². The summed E-state index contributed by atoms with van der Waals surface area (Å²) in [5.74, 6) is -0.929. The number of carbonyl (C=O) groups is 2. The number of rotatable bonds is 5. The van der Waals surface area contributed by atoms with Crippen LogP contribution in [0.25, 0.3) is 0 Å². The van der Waals surface area contributed by atoms with E-state index < -0.39 is 16.3 Å². The minimum absolute atomic E-state index is 0.206. The molecular formula is C22H21N3O4S2. The van der Waals surface area contributed by atoms with Crippen LogP contribution in [-0.2, 0) is 19.1 Å². The van der Waals surface area contributed by atoms with Crippen LogP contribution in [0.1, 0.15) is 13.8 Å². The Kier molecular flexibility index (Phi) is 5.97. The Morgan fingerprint density at radius 1 is 0.968 bits per heavy atom. The molecule has 1 unspecified atom stereocenters. The minimum atomic E-state index is -0.974. The summed E-state index contributed by atoms with van der Waals surface area (Å²) >= 11 is 2.55. The molecule has 160 valence electrons. The summed E-state index contributed by atoms with van der Waals surface area (Å²) in [4.78, 5) is 27.7. The highest BCUT2D eigenvalue weighted by Crippen LogP contribution is 2.60. The van der Waals surface area contributed by atoms with E-state index in [-0.39, 0.29) is 11.7 Å². The first-order chi connectivity index (χ1) is 15.0. The van der Waals surface area contributed by atoms with Crippen LogP contribution in [0.4, 0.5) is 11.4 Å². The SMILES string of the molecule is CCOC(=O)C1=C(C)N(c2ccccc2)C2(SC(C(=O)OC)=NN2c2ccccc2)S1. The van der Waals surface area contributed by atoms with Crippen LogP contribution in [0.3, 0.4) is 0 Å². The highest BCUT2D eigenvalue weighted by atomic mass is 32.2. The molecule has 4 rings (SSSR count). The molecule has 1 spiro atoms. The van der Waals surface area contributed by atoms with Gasteiger partial charge in [-0.15, -0.1) is 0 Å². The van der Waals surface area contributed by atoms with Gasteiger partial charge in [0.1, 0.15) is 4.91 Å². The number of esters is 2. The van der Waals surface area contributed by atoms with E-state index in [2.05, 4.69) is 5.10 Å². The minimum Gasteiger partial charge on any atom is -0.464 e. The molecule has 0 bridgehead atoms. The van der Waals surface area contributed by atoms with Gasteiger partial charge in [-0.2, -0.15) is 5.10 Å². The molecule has 7 nitrogen and oxygen atoms in total. The summed E-state index contributed by atoms with van der Waals surface area (Å²) in [6.45, 7) is 3.92. The molecular weight excluding hydrogens is 434 g/mol. The summed E-state index contributed by atoms with van der Waals surface area (Å²) < 4.78 is 9.30. The Bertz CT molecular complexity index is 1060. The molecule has 2 heterocycles. The summed E-state index contributed by atoms with van der Waals surface area (Å²) in [7, 11) is 1.33. The van der Waals surface area contributed by atoms with Crippen LogP contribution in [0.5, 0.6) is 0 Å². The fourth-order valence-corrected chi connectivity index (χ4v) is 6.37. The van der Waals surface area contributed by atoms with Gasteiger partial charge in [-0.05, 0) is 49.9 Å². The van der Waals surface area contributed by atoms with E-state index in [1.54, 1.807) is 11.9 Å². The topological polar surface area (TPSA) is 71.4 Å². The molecule has 0 aliphatic carbocycles. The molecule has 2 aliphatic heterocycles. The smallest absolute Gasteiger partial charge is 0.365 e. The van der Waals surface area contributed by atoms with Crippen LogP contribution >= 0.6 is 23.5 Å². The second kappa shape index (κ2) is 8.68. The lowest BCUT2D eigenvalue weighted by molar-refractivity contribution is -0.137. The molecule has 0 N–H and O–H groups in total. The average Bonchev–Trinajstić information content (AvgIpc) is 3.32. The standard InChI is InChI=1S/C22H21N3O4S2/c1-4-29-20(26)18-15(2)24(16-11-7-5-8-12-16)22(30-18)25(17-13-9-6-10-14-17)23-19(31-22)21(27)28-3/h5-14H,4H2,1-3H3. The first-order valence-corrected chi connectivity index (χ1v) is 11.3. The Morgan fingerprint density at radius 3 is 2.16 bits per heavy atom. The first kappa shape index (κ1) is 21.3. The van der Waals surface area contributed by atoms with Gasteiger partial charge in [0.25, 0.3) is 0 Å². The van der Waals surface area contributed by atoms with E-state index in [0.717, 1.165) is 17.1 Å². The number of thioether (sulfide) groups is 2. The van der Waals surface area contributed by atoms with Crippen molar-refractivity contribution in [3.63, 3.8) is 0 Å². The Hall–Kier alpha value is -2.91. The molecule has 0 aromatic heterocycles. The molecule has 0 fully saturated rings. The maximum atomic E-state index is 12.8. The molecule has 1 atom stereocenters. The lowest BCUT2D eigenvalue weighted by Crippen LogP contribution is -2.49. The number of ether oxygens (including phenoxy) is 2. The molecule has 0 radical (unpaired) electrons. The molecule has 31 heavy (non-hydrogen) atoms. The van der Waals surface area contributed by atoms with Gasteiger partial charge in [-0.3, -0.25) is 0 Å². The summed E-state index contributed by atoms with van der Waals surface area (Å²) in [6, 6.07) is 19.2. The van der Waals surface area contributed by atoms with Crippen LogP contribution in [0.15, 0.2) is 76.4 Å². The maximum absolute atomic E-state index is 12.8. The Balaban J connectivity index is 1.89. The largest absolute Gasteiger partial charge is 0.464 e. The quantitative estimate of drug-likeness (QED) is 0.615. The van der Waals surface area contributed by atoms with Gasteiger partial charge in [-0.1, -0.05) is 48.2 Å². The summed E-state index contributed by atoms with van der Waals surface area (Å²) in [5.41, 5.74) is 2.37. The molecule has 9 heteroatoms. The second-order valence-electron chi connectivity index (χ2n) is 6.60. The van der Waals surface area contributed by atoms with Crippen molar-refractivity contribution in [1.29, 1.82) is 0 Å². The maximum Gasteiger partial charge on any atom is 0.365 e. The average molecular weight is 456 g/mol. The van der Waals surface area contributed by atoms with E-state index in [4.69, 9.17) is 9.47 Å². The number of methoxy groups -OCH3 is 1. The number of benzene rings is 2. The zero-order chi connectivity index (χ0) is 22.0.